The summed E-state index contributed by atoms with van der Waals surface area (Å²) in [4.78, 5) is 0. The third-order valence-corrected chi connectivity index (χ3v) is 3.31. The van der Waals surface area contributed by atoms with Crippen molar-refractivity contribution in [3.8, 4) is 6.07 Å². The van der Waals surface area contributed by atoms with E-state index in [0.29, 0.717) is 5.92 Å². The molecule has 1 fully saturated rings. The standard InChI is InChI=1S/C13H16N2/c14-9-13(10-3-1-2-4-10)11-5-7-12(15)8-6-11/h5-8,10,13H,1-4,15H2. The van der Waals surface area contributed by atoms with Gasteiger partial charge < -0.3 is 5.73 Å². The first-order chi connectivity index (χ1) is 7.31. The third-order valence-electron chi connectivity index (χ3n) is 3.31. The van der Waals surface area contributed by atoms with Gasteiger partial charge in [-0.2, -0.15) is 5.26 Å². The Morgan fingerprint density at radius 1 is 1.20 bits per heavy atom. The second-order valence-corrected chi connectivity index (χ2v) is 4.32. The maximum Gasteiger partial charge on any atom is 0.0740 e. The van der Waals surface area contributed by atoms with E-state index < -0.39 is 0 Å². The molecule has 0 radical (unpaired) electrons. The van der Waals surface area contributed by atoms with Crippen molar-refractivity contribution in [1.29, 1.82) is 5.26 Å². The van der Waals surface area contributed by atoms with Crippen molar-refractivity contribution < 1.29 is 0 Å². The van der Waals surface area contributed by atoms with Crippen molar-refractivity contribution in [3.63, 3.8) is 0 Å². The maximum atomic E-state index is 9.23. The summed E-state index contributed by atoms with van der Waals surface area (Å²) < 4.78 is 0. The largest absolute Gasteiger partial charge is 0.399 e. The molecule has 1 unspecified atom stereocenters. The number of anilines is 1. The molecule has 1 saturated carbocycles. The van der Waals surface area contributed by atoms with Crippen LogP contribution in [-0.2, 0) is 0 Å². The first-order valence-electron chi connectivity index (χ1n) is 5.56. The van der Waals surface area contributed by atoms with Crippen LogP contribution in [0.25, 0.3) is 0 Å². The Bertz CT molecular complexity index is 355. The summed E-state index contributed by atoms with van der Waals surface area (Å²) in [7, 11) is 0. The van der Waals surface area contributed by atoms with Crippen LogP contribution in [0.2, 0.25) is 0 Å². The molecule has 15 heavy (non-hydrogen) atoms. The van der Waals surface area contributed by atoms with Gasteiger partial charge in [0.2, 0.25) is 0 Å². The third kappa shape index (κ3) is 2.12. The average Bonchev–Trinajstić information content (AvgIpc) is 2.75. The van der Waals surface area contributed by atoms with Crippen LogP contribution in [0, 0.1) is 17.2 Å². The Labute approximate surface area is 90.7 Å². The van der Waals surface area contributed by atoms with Crippen molar-refractivity contribution in [2.45, 2.75) is 31.6 Å². The second-order valence-electron chi connectivity index (χ2n) is 4.32. The van der Waals surface area contributed by atoms with Crippen molar-refractivity contribution >= 4 is 5.69 Å². The minimum absolute atomic E-state index is 0.0631. The lowest BCUT2D eigenvalue weighted by atomic mass is 9.86. The van der Waals surface area contributed by atoms with Crippen LogP contribution in [0.4, 0.5) is 5.69 Å². The number of hydrogen-bond acceptors (Lipinski definition) is 2. The van der Waals surface area contributed by atoms with Crippen LogP contribution in [-0.4, -0.2) is 0 Å². The van der Waals surface area contributed by atoms with E-state index in [1.165, 1.54) is 25.7 Å². The highest BCUT2D eigenvalue weighted by Crippen LogP contribution is 2.36. The number of nitrogens with two attached hydrogens (primary N) is 1. The smallest absolute Gasteiger partial charge is 0.0740 e. The average molecular weight is 200 g/mol. The molecule has 2 nitrogen and oxygen atoms in total. The molecule has 0 saturated heterocycles. The second kappa shape index (κ2) is 4.35. The first-order valence-corrected chi connectivity index (χ1v) is 5.56. The van der Waals surface area contributed by atoms with E-state index in [1.807, 2.05) is 24.3 Å². The van der Waals surface area contributed by atoms with E-state index >= 15 is 0 Å². The summed E-state index contributed by atoms with van der Waals surface area (Å²) in [5.74, 6) is 0.617. The quantitative estimate of drug-likeness (QED) is 0.746. The van der Waals surface area contributed by atoms with Gasteiger partial charge in [-0.15, -0.1) is 0 Å². The molecule has 2 rings (SSSR count). The van der Waals surface area contributed by atoms with Crippen LogP contribution < -0.4 is 5.73 Å². The lowest BCUT2D eigenvalue weighted by molar-refractivity contribution is 0.501. The first kappa shape index (κ1) is 10.0. The van der Waals surface area contributed by atoms with Gasteiger partial charge in [-0.3, -0.25) is 0 Å². The fourth-order valence-corrected chi connectivity index (χ4v) is 2.45. The highest BCUT2D eigenvalue weighted by molar-refractivity contribution is 5.41. The molecule has 1 aromatic carbocycles. The zero-order chi connectivity index (χ0) is 10.7. The normalized spacial score (nSPS) is 18.6. The summed E-state index contributed by atoms with van der Waals surface area (Å²) in [6.45, 7) is 0. The van der Waals surface area contributed by atoms with Crippen molar-refractivity contribution in [2.24, 2.45) is 5.92 Å². The zero-order valence-electron chi connectivity index (χ0n) is 8.82. The van der Waals surface area contributed by atoms with Gasteiger partial charge in [0.05, 0.1) is 12.0 Å². The molecule has 1 aliphatic rings. The van der Waals surface area contributed by atoms with Crippen LogP contribution in [0.3, 0.4) is 0 Å². The van der Waals surface area contributed by atoms with Crippen LogP contribution in [0.1, 0.15) is 37.2 Å². The van der Waals surface area contributed by atoms with Crippen molar-refractivity contribution in [2.75, 3.05) is 5.73 Å². The molecule has 1 aromatic rings. The van der Waals surface area contributed by atoms with Gasteiger partial charge in [0.25, 0.3) is 0 Å². The Hall–Kier alpha value is -1.49. The molecule has 1 aliphatic carbocycles. The van der Waals surface area contributed by atoms with Gasteiger partial charge in [-0.25, -0.2) is 0 Å². The topological polar surface area (TPSA) is 49.8 Å². The minimum Gasteiger partial charge on any atom is -0.399 e. The molecule has 0 aliphatic heterocycles. The van der Waals surface area contributed by atoms with E-state index in [0.717, 1.165) is 11.3 Å². The van der Waals surface area contributed by atoms with Gasteiger partial charge in [-0.05, 0) is 36.5 Å². The van der Waals surface area contributed by atoms with E-state index in [1.54, 1.807) is 0 Å². The number of nitriles is 1. The SMILES string of the molecule is N#CC(c1ccc(N)cc1)C1CCCC1. The molecule has 0 heterocycles. The Morgan fingerprint density at radius 2 is 1.80 bits per heavy atom. The van der Waals surface area contributed by atoms with Gasteiger partial charge in [-0.1, -0.05) is 25.0 Å². The Kier molecular flexibility index (Phi) is 2.91. The molecular formula is C13H16N2. The summed E-state index contributed by atoms with van der Waals surface area (Å²) in [6.07, 6.45) is 4.95. The summed E-state index contributed by atoms with van der Waals surface area (Å²) in [6, 6.07) is 10.2. The predicted molar refractivity (Wildman–Crippen MR) is 61.2 cm³/mol. The summed E-state index contributed by atoms with van der Waals surface area (Å²) in [5, 5.41) is 9.23. The van der Waals surface area contributed by atoms with E-state index in [2.05, 4.69) is 6.07 Å². The lowest BCUT2D eigenvalue weighted by Crippen LogP contribution is -2.07. The van der Waals surface area contributed by atoms with Gasteiger partial charge >= 0.3 is 0 Å². The molecule has 2 heteroatoms. The molecular weight excluding hydrogens is 184 g/mol. The van der Waals surface area contributed by atoms with Crippen LogP contribution in [0.15, 0.2) is 24.3 Å². The lowest BCUT2D eigenvalue weighted by Gasteiger charge is -2.16. The van der Waals surface area contributed by atoms with E-state index in [9.17, 15) is 5.26 Å². The molecule has 0 amide bonds. The number of benzene rings is 1. The molecule has 2 N–H and O–H groups in total. The summed E-state index contributed by atoms with van der Waals surface area (Å²) >= 11 is 0. The summed E-state index contributed by atoms with van der Waals surface area (Å²) in [5.41, 5.74) is 7.53. The molecule has 78 valence electrons. The minimum atomic E-state index is 0.0631. The number of hydrogen-bond donors (Lipinski definition) is 1. The van der Waals surface area contributed by atoms with Crippen molar-refractivity contribution in [3.05, 3.63) is 29.8 Å². The van der Waals surface area contributed by atoms with Crippen LogP contribution in [0.5, 0.6) is 0 Å². The molecule has 1 atom stereocenters. The fraction of sp³-hybridized carbons (Fsp3) is 0.462. The Balaban J connectivity index is 2.19. The predicted octanol–water partition coefficient (Wildman–Crippen LogP) is 3.07. The zero-order valence-corrected chi connectivity index (χ0v) is 8.82. The van der Waals surface area contributed by atoms with Crippen molar-refractivity contribution in [1.82, 2.24) is 0 Å². The number of nitrogens with zero attached hydrogens (tertiary/aromatic N) is 1. The maximum absolute atomic E-state index is 9.23. The van der Waals surface area contributed by atoms with Crippen LogP contribution >= 0.6 is 0 Å². The number of nitrogen functional groups attached to an aromatic ring is 1. The molecule has 0 aromatic heterocycles. The van der Waals surface area contributed by atoms with Gasteiger partial charge in [0.1, 0.15) is 0 Å². The highest BCUT2D eigenvalue weighted by atomic mass is 14.5. The fourth-order valence-electron chi connectivity index (χ4n) is 2.45. The molecule has 0 bridgehead atoms. The van der Waals surface area contributed by atoms with E-state index in [4.69, 9.17) is 5.73 Å². The van der Waals surface area contributed by atoms with Gasteiger partial charge in [0, 0.05) is 5.69 Å². The Morgan fingerprint density at radius 3 is 2.33 bits per heavy atom. The molecule has 0 spiro atoms. The van der Waals surface area contributed by atoms with E-state index in [-0.39, 0.29) is 5.92 Å². The monoisotopic (exact) mass is 200 g/mol. The highest BCUT2D eigenvalue weighted by Gasteiger charge is 2.25. The van der Waals surface area contributed by atoms with Gasteiger partial charge in [0.15, 0.2) is 0 Å². The number of rotatable bonds is 2.